The summed E-state index contributed by atoms with van der Waals surface area (Å²) >= 11 is 0. The number of aromatic amines is 1. The van der Waals surface area contributed by atoms with Crippen molar-refractivity contribution in [3.63, 3.8) is 0 Å². The molecule has 1 N–H and O–H groups in total. The van der Waals surface area contributed by atoms with Gasteiger partial charge in [0, 0.05) is 31.0 Å². The summed E-state index contributed by atoms with van der Waals surface area (Å²) in [7, 11) is 0. The van der Waals surface area contributed by atoms with Gasteiger partial charge < -0.3 is 14.7 Å². The van der Waals surface area contributed by atoms with Crippen LogP contribution in [0.1, 0.15) is 38.4 Å². The highest BCUT2D eigenvalue weighted by Gasteiger charge is 2.20. The van der Waals surface area contributed by atoms with E-state index in [9.17, 15) is 9.59 Å². The van der Waals surface area contributed by atoms with Crippen LogP contribution in [0.5, 0.6) is 0 Å². The van der Waals surface area contributed by atoms with Gasteiger partial charge in [0.05, 0.1) is 0 Å². The molecular weight excluding hydrogens is 230 g/mol. The Kier molecular flexibility index (Phi) is 3.79. The minimum absolute atomic E-state index is 0.110. The molecule has 1 aromatic heterocycles. The zero-order valence-electron chi connectivity index (χ0n) is 10.8. The Labute approximate surface area is 106 Å². The largest absolute Gasteiger partial charge is 0.356 e. The number of aldehydes is 1. The molecule has 1 fully saturated rings. The third kappa shape index (κ3) is 2.78. The van der Waals surface area contributed by atoms with Crippen molar-refractivity contribution in [1.29, 1.82) is 0 Å². The first-order valence-electron chi connectivity index (χ1n) is 6.41. The fraction of sp³-hybridized carbons (Fsp3) is 0.615. The van der Waals surface area contributed by atoms with Gasteiger partial charge in [-0.1, -0.05) is 13.8 Å². The highest BCUT2D eigenvalue weighted by atomic mass is 16.1. The van der Waals surface area contributed by atoms with E-state index in [0.717, 1.165) is 43.9 Å². The van der Waals surface area contributed by atoms with Crippen molar-refractivity contribution in [2.45, 2.75) is 32.6 Å². The number of hydrogen-bond acceptors (Lipinski definition) is 4. The molecule has 18 heavy (non-hydrogen) atoms. The van der Waals surface area contributed by atoms with Crippen LogP contribution in [0.25, 0.3) is 0 Å². The topological polar surface area (TPSA) is 66.1 Å². The lowest BCUT2D eigenvalue weighted by Gasteiger charge is -2.30. The van der Waals surface area contributed by atoms with Crippen molar-refractivity contribution in [3.8, 4) is 0 Å². The Bertz CT molecular complexity index is 473. The average Bonchev–Trinajstić information content (AvgIpc) is 2.38. The van der Waals surface area contributed by atoms with E-state index in [1.54, 1.807) is 0 Å². The molecule has 1 aliphatic heterocycles. The number of aromatic nitrogens is 2. The van der Waals surface area contributed by atoms with E-state index in [0.29, 0.717) is 0 Å². The Balaban J connectivity index is 2.18. The van der Waals surface area contributed by atoms with Gasteiger partial charge in [-0.2, -0.15) is 0 Å². The van der Waals surface area contributed by atoms with Crippen LogP contribution in [0.3, 0.4) is 0 Å². The molecule has 1 aliphatic rings. The zero-order chi connectivity index (χ0) is 13.1. The van der Waals surface area contributed by atoms with Crippen LogP contribution in [-0.2, 0) is 4.79 Å². The van der Waals surface area contributed by atoms with Crippen LogP contribution in [0, 0.1) is 5.92 Å². The number of rotatable bonds is 3. The maximum Gasteiger partial charge on any atom is 0.252 e. The normalized spacial score (nSPS) is 17.2. The second kappa shape index (κ2) is 5.33. The number of H-pyrrole nitrogens is 1. The molecule has 98 valence electrons. The number of hydrogen-bond donors (Lipinski definition) is 1. The van der Waals surface area contributed by atoms with Crippen LogP contribution in [-0.4, -0.2) is 29.3 Å². The summed E-state index contributed by atoms with van der Waals surface area (Å²) in [4.78, 5) is 31.6. The summed E-state index contributed by atoms with van der Waals surface area (Å²) in [5.74, 6) is 1.81. The van der Waals surface area contributed by atoms with Crippen molar-refractivity contribution in [1.82, 2.24) is 9.97 Å². The molecule has 1 saturated heterocycles. The molecular formula is C13H19N3O2. The Hall–Kier alpha value is -1.65. The first kappa shape index (κ1) is 12.8. The zero-order valence-corrected chi connectivity index (χ0v) is 10.8. The van der Waals surface area contributed by atoms with Crippen molar-refractivity contribution in [2.24, 2.45) is 5.92 Å². The van der Waals surface area contributed by atoms with E-state index < -0.39 is 0 Å². The van der Waals surface area contributed by atoms with E-state index in [-0.39, 0.29) is 17.4 Å². The summed E-state index contributed by atoms with van der Waals surface area (Å²) in [6.45, 7) is 5.58. The maximum atomic E-state index is 11.6. The summed E-state index contributed by atoms with van der Waals surface area (Å²) in [5, 5.41) is 0. The van der Waals surface area contributed by atoms with Crippen molar-refractivity contribution in [3.05, 3.63) is 22.2 Å². The van der Waals surface area contributed by atoms with Crippen LogP contribution in [0.4, 0.5) is 5.82 Å². The first-order valence-corrected chi connectivity index (χ1v) is 6.41. The van der Waals surface area contributed by atoms with Crippen molar-refractivity contribution < 1.29 is 4.79 Å². The molecule has 0 radical (unpaired) electrons. The smallest absolute Gasteiger partial charge is 0.252 e. The molecule has 5 nitrogen and oxygen atoms in total. The standard InChI is InChI=1S/C13H19N3O2/c1-9(2)13-14-11(7-12(18)15-13)16-5-3-10(8-17)4-6-16/h7-10H,3-6H2,1-2H3,(H,14,15,18). The molecule has 0 amide bonds. The summed E-state index contributed by atoms with van der Waals surface area (Å²) in [6.07, 6.45) is 2.71. The van der Waals surface area contributed by atoms with Crippen molar-refractivity contribution in [2.75, 3.05) is 18.0 Å². The first-order chi connectivity index (χ1) is 8.60. The minimum Gasteiger partial charge on any atom is -0.356 e. The number of nitrogens with zero attached hydrogens (tertiary/aromatic N) is 2. The van der Waals surface area contributed by atoms with Gasteiger partial charge in [-0.25, -0.2) is 4.98 Å². The van der Waals surface area contributed by atoms with E-state index in [4.69, 9.17) is 0 Å². The summed E-state index contributed by atoms with van der Waals surface area (Å²) < 4.78 is 0. The van der Waals surface area contributed by atoms with Gasteiger partial charge in [0.15, 0.2) is 0 Å². The van der Waals surface area contributed by atoms with Gasteiger partial charge in [-0.05, 0) is 12.8 Å². The molecule has 0 aliphatic carbocycles. The summed E-state index contributed by atoms with van der Waals surface area (Å²) in [6, 6.07) is 1.53. The monoisotopic (exact) mass is 249 g/mol. The fourth-order valence-corrected chi connectivity index (χ4v) is 2.16. The molecule has 0 saturated carbocycles. The van der Waals surface area contributed by atoms with Gasteiger partial charge in [-0.15, -0.1) is 0 Å². The SMILES string of the molecule is CC(C)c1nc(N2CCC(C=O)CC2)cc(=O)[nH]1. The van der Waals surface area contributed by atoms with E-state index in [1.165, 1.54) is 6.07 Å². The fourth-order valence-electron chi connectivity index (χ4n) is 2.16. The lowest BCUT2D eigenvalue weighted by Crippen LogP contribution is -2.35. The van der Waals surface area contributed by atoms with Gasteiger partial charge in [0.2, 0.25) is 0 Å². The van der Waals surface area contributed by atoms with Crippen LogP contribution in [0.15, 0.2) is 10.9 Å². The number of carbonyl (C=O) groups excluding carboxylic acids is 1. The molecule has 5 heteroatoms. The highest BCUT2D eigenvalue weighted by Crippen LogP contribution is 2.20. The Morgan fingerprint density at radius 3 is 2.67 bits per heavy atom. The second-order valence-electron chi connectivity index (χ2n) is 5.10. The minimum atomic E-state index is -0.110. The van der Waals surface area contributed by atoms with Gasteiger partial charge in [-0.3, -0.25) is 4.79 Å². The molecule has 2 heterocycles. The molecule has 0 bridgehead atoms. The maximum absolute atomic E-state index is 11.6. The van der Waals surface area contributed by atoms with E-state index in [1.807, 2.05) is 13.8 Å². The number of carbonyl (C=O) groups is 1. The van der Waals surface area contributed by atoms with Gasteiger partial charge in [0.1, 0.15) is 17.9 Å². The number of piperidine rings is 1. The lowest BCUT2D eigenvalue weighted by atomic mass is 9.99. The number of anilines is 1. The molecule has 0 aromatic carbocycles. The van der Waals surface area contributed by atoms with Crippen LogP contribution in [0.2, 0.25) is 0 Å². The van der Waals surface area contributed by atoms with Crippen LogP contribution >= 0.6 is 0 Å². The predicted molar refractivity (Wildman–Crippen MR) is 69.9 cm³/mol. The Morgan fingerprint density at radius 2 is 2.11 bits per heavy atom. The van der Waals surface area contributed by atoms with Gasteiger partial charge >= 0.3 is 0 Å². The van der Waals surface area contributed by atoms with Crippen LogP contribution < -0.4 is 10.5 Å². The van der Waals surface area contributed by atoms with Crippen molar-refractivity contribution >= 4 is 12.1 Å². The van der Waals surface area contributed by atoms with E-state index in [2.05, 4.69) is 14.9 Å². The summed E-state index contributed by atoms with van der Waals surface area (Å²) in [5.41, 5.74) is -0.110. The third-order valence-electron chi connectivity index (χ3n) is 3.35. The predicted octanol–water partition coefficient (Wildman–Crippen LogP) is 1.31. The highest BCUT2D eigenvalue weighted by molar-refractivity contribution is 5.54. The lowest BCUT2D eigenvalue weighted by molar-refractivity contribution is -0.111. The molecule has 0 unspecified atom stereocenters. The molecule has 2 rings (SSSR count). The van der Waals surface area contributed by atoms with E-state index >= 15 is 0 Å². The number of nitrogens with one attached hydrogen (secondary N) is 1. The third-order valence-corrected chi connectivity index (χ3v) is 3.35. The Morgan fingerprint density at radius 1 is 1.44 bits per heavy atom. The quantitative estimate of drug-likeness (QED) is 0.820. The molecule has 0 atom stereocenters. The van der Waals surface area contributed by atoms with Gasteiger partial charge in [0.25, 0.3) is 5.56 Å². The molecule has 0 spiro atoms. The average molecular weight is 249 g/mol. The second-order valence-corrected chi connectivity index (χ2v) is 5.10. The molecule has 1 aromatic rings.